The van der Waals surface area contributed by atoms with E-state index in [1.807, 2.05) is 19.2 Å². The van der Waals surface area contributed by atoms with E-state index < -0.39 is 0 Å². The Labute approximate surface area is 104 Å². The van der Waals surface area contributed by atoms with Gasteiger partial charge in [0.05, 0.1) is 11.8 Å². The van der Waals surface area contributed by atoms with Crippen molar-refractivity contribution in [2.75, 3.05) is 5.32 Å². The topological polar surface area (TPSA) is 81.7 Å². The Hall–Kier alpha value is -2.02. The van der Waals surface area contributed by atoms with Crippen LogP contribution in [0.3, 0.4) is 0 Å². The summed E-state index contributed by atoms with van der Waals surface area (Å²) in [6, 6.07) is 3.57. The van der Waals surface area contributed by atoms with Crippen LogP contribution < -0.4 is 11.1 Å². The quantitative estimate of drug-likeness (QED) is 0.788. The van der Waals surface area contributed by atoms with Crippen molar-refractivity contribution in [1.82, 2.24) is 20.0 Å². The molecule has 0 radical (unpaired) electrons. The Morgan fingerprint density at radius 1 is 1.53 bits per heavy atom. The summed E-state index contributed by atoms with van der Waals surface area (Å²) in [6.07, 6.45) is 3.42. The molecular formula is C10H12N6S. The number of nitrogens with two attached hydrogens (primary N) is 1. The maximum Gasteiger partial charge on any atom is 0.164 e. The molecule has 0 aliphatic rings. The smallest absolute Gasteiger partial charge is 0.164 e. The number of hydrogen-bond donors (Lipinski definition) is 2. The summed E-state index contributed by atoms with van der Waals surface area (Å²) in [5.41, 5.74) is 6.25. The molecule has 0 aromatic carbocycles. The van der Waals surface area contributed by atoms with E-state index in [0.29, 0.717) is 17.2 Å². The third-order valence-electron chi connectivity index (χ3n) is 2.20. The van der Waals surface area contributed by atoms with Gasteiger partial charge in [-0.25, -0.2) is 0 Å². The van der Waals surface area contributed by atoms with Gasteiger partial charge in [0, 0.05) is 18.8 Å². The minimum Gasteiger partial charge on any atom is -0.389 e. The molecule has 0 spiro atoms. The van der Waals surface area contributed by atoms with Crippen molar-refractivity contribution < 1.29 is 0 Å². The highest BCUT2D eigenvalue weighted by Crippen LogP contribution is 2.15. The molecule has 0 saturated heterocycles. The Kier molecular flexibility index (Phi) is 3.29. The van der Waals surface area contributed by atoms with E-state index in [4.69, 9.17) is 18.0 Å². The van der Waals surface area contributed by atoms with E-state index in [1.54, 1.807) is 16.9 Å². The Morgan fingerprint density at radius 3 is 3.00 bits per heavy atom. The van der Waals surface area contributed by atoms with Gasteiger partial charge in [-0.3, -0.25) is 4.68 Å². The van der Waals surface area contributed by atoms with Gasteiger partial charge in [0.1, 0.15) is 4.99 Å². The van der Waals surface area contributed by atoms with Gasteiger partial charge < -0.3 is 11.1 Å². The van der Waals surface area contributed by atoms with Gasteiger partial charge in [0.25, 0.3) is 0 Å². The highest BCUT2D eigenvalue weighted by atomic mass is 32.1. The maximum absolute atomic E-state index is 5.60. The number of nitrogens with zero attached hydrogens (tertiary/aromatic N) is 4. The van der Waals surface area contributed by atoms with Crippen molar-refractivity contribution in [3.8, 4) is 0 Å². The second-order valence-electron chi connectivity index (χ2n) is 3.34. The number of rotatable bonds is 4. The fourth-order valence-corrected chi connectivity index (χ4v) is 1.51. The Morgan fingerprint density at radius 2 is 2.35 bits per heavy atom. The number of thiocarbonyl (C=S) groups is 1. The van der Waals surface area contributed by atoms with Crippen LogP contribution >= 0.6 is 12.2 Å². The van der Waals surface area contributed by atoms with Gasteiger partial charge in [-0.15, -0.1) is 5.10 Å². The summed E-state index contributed by atoms with van der Waals surface area (Å²) in [4.78, 5) is 0.275. The first kappa shape index (κ1) is 11.5. The molecule has 7 heteroatoms. The van der Waals surface area contributed by atoms with Crippen LogP contribution in [0.25, 0.3) is 0 Å². The highest BCUT2D eigenvalue weighted by Gasteiger charge is 2.08. The van der Waals surface area contributed by atoms with Crippen molar-refractivity contribution in [3.05, 3.63) is 30.1 Å². The van der Waals surface area contributed by atoms with Crippen molar-refractivity contribution in [2.45, 2.75) is 13.5 Å². The molecule has 0 aliphatic carbocycles. The fourth-order valence-electron chi connectivity index (χ4n) is 1.35. The molecule has 2 aromatic rings. The maximum atomic E-state index is 5.60. The van der Waals surface area contributed by atoms with Crippen LogP contribution in [-0.2, 0) is 6.54 Å². The molecule has 88 valence electrons. The van der Waals surface area contributed by atoms with Crippen LogP contribution in [0.1, 0.15) is 12.5 Å². The normalized spacial score (nSPS) is 10.2. The molecule has 0 aliphatic heterocycles. The van der Waals surface area contributed by atoms with E-state index in [0.717, 1.165) is 6.54 Å². The summed E-state index contributed by atoms with van der Waals surface area (Å²) >= 11 is 4.94. The second-order valence-corrected chi connectivity index (χ2v) is 3.78. The fraction of sp³-hybridized carbons (Fsp3) is 0.200. The van der Waals surface area contributed by atoms with Crippen LogP contribution in [0.4, 0.5) is 11.6 Å². The van der Waals surface area contributed by atoms with Crippen molar-refractivity contribution in [2.24, 2.45) is 5.73 Å². The number of hydrogen-bond acceptors (Lipinski definition) is 5. The molecule has 0 atom stereocenters. The molecule has 2 heterocycles. The van der Waals surface area contributed by atoms with E-state index in [9.17, 15) is 0 Å². The average Bonchev–Trinajstić information content (AvgIpc) is 2.77. The van der Waals surface area contributed by atoms with Crippen LogP contribution in [0, 0.1) is 0 Å². The van der Waals surface area contributed by atoms with Crippen molar-refractivity contribution >= 4 is 28.8 Å². The summed E-state index contributed by atoms with van der Waals surface area (Å²) in [7, 11) is 0. The van der Waals surface area contributed by atoms with Gasteiger partial charge in [0.2, 0.25) is 0 Å². The lowest BCUT2D eigenvalue weighted by Gasteiger charge is -2.06. The SMILES string of the molecule is CCn1ccc(Nc2nnccc2C(N)=S)n1. The number of nitrogens with one attached hydrogen (secondary N) is 1. The molecule has 0 unspecified atom stereocenters. The summed E-state index contributed by atoms with van der Waals surface area (Å²) < 4.78 is 1.80. The molecule has 6 nitrogen and oxygen atoms in total. The summed E-state index contributed by atoms with van der Waals surface area (Å²) in [5.74, 6) is 1.20. The predicted octanol–water partition coefficient (Wildman–Crippen LogP) is 1.07. The molecule has 0 saturated carbocycles. The first-order valence-corrected chi connectivity index (χ1v) is 5.53. The van der Waals surface area contributed by atoms with Crippen LogP contribution in [0.5, 0.6) is 0 Å². The highest BCUT2D eigenvalue weighted by molar-refractivity contribution is 7.80. The Balaban J connectivity index is 2.26. The first-order chi connectivity index (χ1) is 8.20. The van der Waals surface area contributed by atoms with Crippen LogP contribution in [0.15, 0.2) is 24.5 Å². The third-order valence-corrected chi connectivity index (χ3v) is 2.42. The van der Waals surface area contributed by atoms with Crippen LogP contribution in [-0.4, -0.2) is 25.0 Å². The number of anilines is 2. The zero-order valence-corrected chi connectivity index (χ0v) is 10.1. The minimum atomic E-state index is 0.275. The van der Waals surface area contributed by atoms with Gasteiger partial charge in [-0.05, 0) is 13.0 Å². The largest absolute Gasteiger partial charge is 0.389 e. The molecule has 0 bridgehead atoms. The van der Waals surface area contributed by atoms with Gasteiger partial charge in [0.15, 0.2) is 11.6 Å². The predicted molar refractivity (Wildman–Crippen MR) is 69.1 cm³/mol. The molecular weight excluding hydrogens is 236 g/mol. The lowest BCUT2D eigenvalue weighted by Crippen LogP contribution is -2.13. The second kappa shape index (κ2) is 4.88. The standard InChI is InChI=1S/C10H12N6S/c1-2-16-6-4-8(15-16)13-10-7(9(11)17)3-5-12-14-10/h3-6H,2H2,1H3,(H2,11,17)(H,13,14,15). The minimum absolute atomic E-state index is 0.275. The Bertz CT molecular complexity index is 535. The lowest BCUT2D eigenvalue weighted by molar-refractivity contribution is 0.662. The van der Waals surface area contributed by atoms with Crippen molar-refractivity contribution in [3.63, 3.8) is 0 Å². The summed E-state index contributed by atoms with van der Waals surface area (Å²) in [5, 5.41) is 15.1. The molecule has 3 N–H and O–H groups in total. The molecule has 2 rings (SSSR count). The van der Waals surface area contributed by atoms with E-state index in [-0.39, 0.29) is 4.99 Å². The van der Waals surface area contributed by atoms with E-state index in [1.165, 1.54) is 0 Å². The number of aryl methyl sites for hydroxylation is 1. The first-order valence-electron chi connectivity index (χ1n) is 5.12. The van der Waals surface area contributed by atoms with Gasteiger partial charge in [-0.1, -0.05) is 12.2 Å². The van der Waals surface area contributed by atoms with Gasteiger partial charge >= 0.3 is 0 Å². The van der Waals surface area contributed by atoms with Gasteiger partial charge in [-0.2, -0.15) is 10.2 Å². The lowest BCUT2D eigenvalue weighted by atomic mass is 10.3. The molecule has 0 fully saturated rings. The molecule has 0 amide bonds. The monoisotopic (exact) mass is 248 g/mol. The van der Waals surface area contributed by atoms with E-state index >= 15 is 0 Å². The van der Waals surface area contributed by atoms with Crippen molar-refractivity contribution in [1.29, 1.82) is 0 Å². The van der Waals surface area contributed by atoms with E-state index in [2.05, 4.69) is 20.6 Å². The molecule has 2 aromatic heterocycles. The average molecular weight is 248 g/mol. The zero-order valence-electron chi connectivity index (χ0n) is 9.29. The van der Waals surface area contributed by atoms with Crippen LogP contribution in [0.2, 0.25) is 0 Å². The third kappa shape index (κ3) is 2.56. The number of aromatic nitrogens is 4. The zero-order chi connectivity index (χ0) is 12.3. The summed E-state index contributed by atoms with van der Waals surface area (Å²) in [6.45, 7) is 2.82. The molecule has 17 heavy (non-hydrogen) atoms.